The number of para-hydroxylation sites is 2. The Labute approximate surface area is 188 Å². The molecule has 0 atom stereocenters. The zero-order chi connectivity index (χ0) is 22.6. The number of carbonyl (C=O) groups excluding carboxylic acids is 1. The van der Waals surface area contributed by atoms with Crippen molar-refractivity contribution < 1.29 is 14.3 Å². The summed E-state index contributed by atoms with van der Waals surface area (Å²) in [5.74, 6) is 0.756. The highest BCUT2D eigenvalue weighted by Gasteiger charge is 2.13. The molecule has 0 saturated carbocycles. The van der Waals surface area contributed by atoms with E-state index in [9.17, 15) is 4.79 Å². The number of hydrogen-bond acceptors (Lipinski definition) is 6. The maximum Gasteiger partial charge on any atom is 0.249 e. The van der Waals surface area contributed by atoms with Crippen LogP contribution in [0.15, 0.2) is 60.8 Å². The fourth-order valence-corrected chi connectivity index (χ4v) is 3.92. The van der Waals surface area contributed by atoms with Gasteiger partial charge in [-0.2, -0.15) is 5.10 Å². The Bertz CT molecular complexity index is 1220. The van der Waals surface area contributed by atoms with Crippen molar-refractivity contribution in [3.63, 3.8) is 0 Å². The molecule has 0 fully saturated rings. The van der Waals surface area contributed by atoms with E-state index in [0.29, 0.717) is 29.8 Å². The van der Waals surface area contributed by atoms with Crippen molar-refractivity contribution in [2.45, 2.75) is 32.4 Å². The summed E-state index contributed by atoms with van der Waals surface area (Å²) in [4.78, 5) is 20.2. The summed E-state index contributed by atoms with van der Waals surface area (Å²) in [5.41, 5.74) is 3.44. The number of ether oxygens (including phenoxy) is 2. The molecule has 2 aromatic carbocycles. The molecule has 0 N–H and O–H groups in total. The van der Waals surface area contributed by atoms with Gasteiger partial charge in [0.2, 0.25) is 5.88 Å². The Morgan fingerprint density at radius 2 is 1.69 bits per heavy atom. The van der Waals surface area contributed by atoms with E-state index in [-0.39, 0.29) is 11.6 Å². The average molecular weight is 447 g/mol. The second kappa shape index (κ2) is 9.42. The molecule has 2 heterocycles. The van der Waals surface area contributed by atoms with E-state index >= 15 is 0 Å². The second-order valence-electron chi connectivity index (χ2n) is 8.71. The van der Waals surface area contributed by atoms with Gasteiger partial charge >= 0.3 is 0 Å². The van der Waals surface area contributed by atoms with Crippen LogP contribution < -0.4 is 4.74 Å². The van der Waals surface area contributed by atoms with Crippen molar-refractivity contribution in [1.29, 1.82) is 0 Å². The van der Waals surface area contributed by atoms with Gasteiger partial charge in [0.25, 0.3) is 0 Å². The third-order valence-electron chi connectivity index (χ3n) is 4.97. The molecule has 0 aliphatic rings. The van der Waals surface area contributed by atoms with E-state index in [0.717, 1.165) is 23.9 Å². The Balaban J connectivity index is 1.47. The molecule has 0 radical (unpaired) electrons. The van der Waals surface area contributed by atoms with Crippen LogP contribution in [0.2, 0.25) is 25.7 Å². The Hall–Kier alpha value is -3.36. The predicted molar refractivity (Wildman–Crippen MR) is 127 cm³/mol. The minimum absolute atomic E-state index is 0.168. The lowest BCUT2D eigenvalue weighted by molar-refractivity contribution is 0.0798. The number of fused-ring (bicyclic) bond motifs is 1. The molecule has 0 unspecified atom stereocenters. The van der Waals surface area contributed by atoms with Crippen LogP contribution in [0.3, 0.4) is 0 Å². The maximum atomic E-state index is 11.5. The quantitative estimate of drug-likeness (QED) is 0.194. The molecule has 0 aliphatic carbocycles. The first-order valence-electron chi connectivity index (χ1n) is 10.5. The van der Waals surface area contributed by atoms with Gasteiger partial charge in [-0.15, -0.1) is 0 Å². The summed E-state index contributed by atoms with van der Waals surface area (Å²) in [7, 11) is -1.12. The van der Waals surface area contributed by atoms with E-state index < -0.39 is 8.07 Å². The SMILES string of the molecule is C[Si](C)(C)CCOCn1nccc1-c1ccc(Oc2nc3ccccc3nc2C=O)cc1. The summed E-state index contributed by atoms with van der Waals surface area (Å²) in [6, 6.07) is 18.0. The zero-order valence-electron chi connectivity index (χ0n) is 18.5. The van der Waals surface area contributed by atoms with Gasteiger partial charge in [-0.05, 0) is 48.5 Å². The molecule has 8 heteroatoms. The highest BCUT2D eigenvalue weighted by atomic mass is 28.3. The number of nitrogens with zero attached hydrogens (tertiary/aromatic N) is 4. The molecule has 32 heavy (non-hydrogen) atoms. The minimum atomic E-state index is -1.12. The smallest absolute Gasteiger partial charge is 0.249 e. The molecule has 0 saturated heterocycles. The standard InChI is InChI=1S/C24H26N4O3Si/c1-32(2,3)15-14-30-17-28-23(12-13-25-28)18-8-10-19(11-9-18)31-24-22(16-29)26-20-6-4-5-7-21(20)27-24/h4-13,16H,14-15,17H2,1-3H3. The molecule has 2 aromatic heterocycles. The number of carbonyl (C=O) groups is 1. The molecule has 0 aliphatic heterocycles. The van der Waals surface area contributed by atoms with Crippen LogP contribution in [0.25, 0.3) is 22.3 Å². The van der Waals surface area contributed by atoms with Gasteiger partial charge in [-0.3, -0.25) is 4.79 Å². The molecule has 0 bridgehead atoms. The van der Waals surface area contributed by atoms with E-state index in [1.807, 2.05) is 59.3 Å². The maximum absolute atomic E-state index is 11.5. The topological polar surface area (TPSA) is 79.1 Å². The highest BCUT2D eigenvalue weighted by Crippen LogP contribution is 2.27. The summed E-state index contributed by atoms with van der Waals surface area (Å²) in [5, 5.41) is 4.38. The molecule has 164 valence electrons. The lowest BCUT2D eigenvalue weighted by atomic mass is 10.1. The number of benzene rings is 2. The van der Waals surface area contributed by atoms with Crippen LogP contribution in [0, 0.1) is 0 Å². The van der Waals surface area contributed by atoms with Gasteiger partial charge in [0, 0.05) is 26.4 Å². The Morgan fingerprint density at radius 1 is 0.969 bits per heavy atom. The van der Waals surface area contributed by atoms with E-state index in [2.05, 4.69) is 34.7 Å². The van der Waals surface area contributed by atoms with Crippen LogP contribution in [0.1, 0.15) is 10.5 Å². The monoisotopic (exact) mass is 446 g/mol. The third kappa shape index (κ3) is 5.27. The van der Waals surface area contributed by atoms with Gasteiger partial charge in [0.05, 0.1) is 16.7 Å². The predicted octanol–water partition coefficient (Wildman–Crippen LogP) is 5.41. The fraction of sp³-hybridized carbons (Fsp3) is 0.250. The van der Waals surface area contributed by atoms with E-state index in [4.69, 9.17) is 9.47 Å². The normalized spacial score (nSPS) is 11.6. The van der Waals surface area contributed by atoms with Gasteiger partial charge in [0.15, 0.2) is 12.0 Å². The fourth-order valence-electron chi connectivity index (χ4n) is 3.16. The summed E-state index contributed by atoms with van der Waals surface area (Å²) < 4.78 is 13.6. The molecular weight excluding hydrogens is 420 g/mol. The molecule has 4 rings (SSSR count). The zero-order valence-corrected chi connectivity index (χ0v) is 19.5. The van der Waals surface area contributed by atoms with Crippen LogP contribution in [0.5, 0.6) is 11.6 Å². The van der Waals surface area contributed by atoms with Crippen molar-refractivity contribution in [1.82, 2.24) is 19.7 Å². The number of aromatic nitrogens is 4. The molecule has 0 spiro atoms. The van der Waals surface area contributed by atoms with E-state index in [1.165, 1.54) is 0 Å². The summed E-state index contributed by atoms with van der Waals surface area (Å²) in [6.07, 6.45) is 2.42. The van der Waals surface area contributed by atoms with Crippen LogP contribution in [-0.4, -0.2) is 40.7 Å². The third-order valence-corrected chi connectivity index (χ3v) is 6.67. The number of aldehydes is 1. The Kier molecular flexibility index (Phi) is 6.43. The van der Waals surface area contributed by atoms with Crippen molar-refractivity contribution in [3.05, 3.63) is 66.5 Å². The van der Waals surface area contributed by atoms with Gasteiger partial charge < -0.3 is 9.47 Å². The first-order chi connectivity index (χ1) is 15.4. The lowest BCUT2D eigenvalue weighted by Crippen LogP contribution is -2.22. The van der Waals surface area contributed by atoms with Crippen LogP contribution in [0.4, 0.5) is 0 Å². The number of rotatable bonds is 9. The van der Waals surface area contributed by atoms with Gasteiger partial charge in [-0.25, -0.2) is 14.6 Å². The van der Waals surface area contributed by atoms with Crippen molar-refractivity contribution in [3.8, 4) is 22.9 Å². The first-order valence-corrected chi connectivity index (χ1v) is 14.2. The molecule has 4 aromatic rings. The first kappa shape index (κ1) is 21.9. The van der Waals surface area contributed by atoms with Crippen LogP contribution >= 0.6 is 0 Å². The van der Waals surface area contributed by atoms with Crippen molar-refractivity contribution >= 4 is 25.4 Å². The lowest BCUT2D eigenvalue weighted by Gasteiger charge is -2.16. The van der Waals surface area contributed by atoms with Crippen LogP contribution in [-0.2, 0) is 11.5 Å². The molecule has 7 nitrogen and oxygen atoms in total. The molecule has 0 amide bonds. The van der Waals surface area contributed by atoms with Gasteiger partial charge in [-0.1, -0.05) is 31.8 Å². The van der Waals surface area contributed by atoms with E-state index in [1.54, 1.807) is 6.20 Å². The largest absolute Gasteiger partial charge is 0.437 e. The molecular formula is C24H26N4O3Si. The minimum Gasteiger partial charge on any atom is -0.437 e. The van der Waals surface area contributed by atoms with Gasteiger partial charge in [0.1, 0.15) is 12.5 Å². The highest BCUT2D eigenvalue weighted by molar-refractivity contribution is 6.76. The van der Waals surface area contributed by atoms with Crippen molar-refractivity contribution in [2.24, 2.45) is 0 Å². The summed E-state index contributed by atoms with van der Waals surface area (Å²) in [6.45, 7) is 8.16. The Morgan fingerprint density at radius 3 is 2.38 bits per heavy atom. The average Bonchev–Trinajstić information content (AvgIpc) is 3.24. The summed E-state index contributed by atoms with van der Waals surface area (Å²) >= 11 is 0. The van der Waals surface area contributed by atoms with Crippen molar-refractivity contribution in [2.75, 3.05) is 6.61 Å². The number of hydrogen-bond donors (Lipinski definition) is 0. The second-order valence-corrected chi connectivity index (χ2v) is 14.3.